The van der Waals surface area contributed by atoms with Crippen molar-refractivity contribution in [3.8, 4) is 0 Å². The van der Waals surface area contributed by atoms with Crippen molar-refractivity contribution in [3.05, 3.63) is 97.1 Å². The molecule has 0 radical (unpaired) electrons. The number of ether oxygens (including phenoxy) is 2. The third kappa shape index (κ3) is 6.85. The van der Waals surface area contributed by atoms with Crippen LogP contribution >= 0.6 is 15.9 Å². The van der Waals surface area contributed by atoms with Crippen LogP contribution in [0.5, 0.6) is 0 Å². The van der Waals surface area contributed by atoms with Gasteiger partial charge in [-0.25, -0.2) is 0 Å². The molecule has 3 saturated heterocycles. The van der Waals surface area contributed by atoms with E-state index in [2.05, 4.69) is 34.4 Å². The van der Waals surface area contributed by atoms with E-state index in [0.717, 1.165) is 0 Å². The predicted octanol–water partition coefficient (Wildman–Crippen LogP) is 4.65. The molecule has 0 saturated carbocycles. The number of carbonyl (C=O) groups is 4. The number of hydrogen-bond donors (Lipinski definition) is 2. The molecule has 2 aromatic rings. The molecule has 3 fully saturated rings. The molecule has 3 aliphatic heterocycles. The summed E-state index contributed by atoms with van der Waals surface area (Å²) in [6, 6.07) is 15.4. The van der Waals surface area contributed by atoms with E-state index in [1.54, 1.807) is 36.1 Å². The summed E-state index contributed by atoms with van der Waals surface area (Å²) >= 11 is 3.73. The number of allylic oxidation sites excluding steroid dienone is 1. The van der Waals surface area contributed by atoms with Crippen LogP contribution in [-0.4, -0.2) is 86.4 Å². The van der Waals surface area contributed by atoms with Gasteiger partial charge in [0.2, 0.25) is 17.7 Å². The van der Waals surface area contributed by atoms with E-state index in [-0.39, 0.29) is 35.6 Å². The van der Waals surface area contributed by atoms with Crippen LogP contribution < -0.4 is 5.32 Å². The summed E-state index contributed by atoms with van der Waals surface area (Å²) in [4.78, 5) is 59.4. The number of alkyl halides is 1. The Hall–Kier alpha value is -3.80. The van der Waals surface area contributed by atoms with Gasteiger partial charge in [-0.05, 0) is 44.7 Å². The number of nitrogens with zero attached hydrogens (tertiary/aromatic N) is 2. The lowest BCUT2D eigenvalue weighted by Gasteiger charge is -2.40. The van der Waals surface area contributed by atoms with E-state index < -0.39 is 66.3 Å². The van der Waals surface area contributed by atoms with Gasteiger partial charge in [0.1, 0.15) is 17.7 Å². The molecule has 1 unspecified atom stereocenters. The molecule has 3 amide bonds. The predicted molar refractivity (Wildman–Crippen MR) is 188 cm³/mol. The van der Waals surface area contributed by atoms with Gasteiger partial charge >= 0.3 is 5.97 Å². The first-order valence-electron chi connectivity index (χ1n) is 16.9. The highest BCUT2D eigenvalue weighted by molar-refractivity contribution is 9.09. The number of carbonyl (C=O) groups excluding carboxylic acids is 4. The van der Waals surface area contributed by atoms with E-state index >= 15 is 0 Å². The van der Waals surface area contributed by atoms with Crippen molar-refractivity contribution in [1.82, 2.24) is 15.1 Å². The average Bonchev–Trinajstić information content (AvgIpc) is 3.69. The Bertz CT molecular complexity index is 1540. The molecule has 9 atom stereocenters. The number of aliphatic hydroxyl groups is 1. The van der Waals surface area contributed by atoms with Gasteiger partial charge < -0.3 is 29.7 Å². The topological polar surface area (TPSA) is 125 Å². The average molecular weight is 737 g/mol. The summed E-state index contributed by atoms with van der Waals surface area (Å²) < 4.78 is 13.0. The summed E-state index contributed by atoms with van der Waals surface area (Å²) in [7, 11) is 0. The highest BCUT2D eigenvalue weighted by atomic mass is 79.9. The lowest BCUT2D eigenvalue weighted by Crippen LogP contribution is -2.58. The fourth-order valence-corrected chi connectivity index (χ4v) is 8.72. The Morgan fingerprint density at radius 1 is 1.08 bits per heavy atom. The molecule has 1 spiro atoms. The quantitative estimate of drug-likeness (QED) is 0.155. The van der Waals surface area contributed by atoms with Gasteiger partial charge in [0.15, 0.2) is 0 Å². The molecule has 2 N–H and O–H groups in total. The molecule has 2 bridgehead atoms. The molecule has 262 valence electrons. The number of halogens is 1. The van der Waals surface area contributed by atoms with E-state index in [1.807, 2.05) is 62.4 Å². The standard InChI is InChI=1S/C38H46BrN3O7/c1-6-8-19-29(44)40-24(5)32(26-17-13-10-14-18-26)48-37(47)30-31-35(45)42(28(22-43)25-15-11-9-12-16-25)34(36(46)41(20-7-2)23(3)4)38(31)21-27(39)33(30)49-38/h6-7,9-18,23-24,27-28,30-34,43H,1-2,8,19-22H2,3-5H3,(H,40,44)/t24-,27?,28-,30+,31-,32-,33+,34+,38-/m1/s1. The van der Waals surface area contributed by atoms with Crippen LogP contribution in [0.3, 0.4) is 0 Å². The van der Waals surface area contributed by atoms with Gasteiger partial charge in [-0.3, -0.25) is 19.2 Å². The normalized spacial score (nSPS) is 27.3. The largest absolute Gasteiger partial charge is 0.455 e. The maximum Gasteiger partial charge on any atom is 0.313 e. The first-order chi connectivity index (χ1) is 23.5. The lowest BCUT2D eigenvalue weighted by atomic mass is 9.70. The molecular formula is C38H46BrN3O7. The van der Waals surface area contributed by atoms with E-state index in [1.165, 1.54) is 4.90 Å². The smallest absolute Gasteiger partial charge is 0.313 e. The van der Waals surface area contributed by atoms with Crippen molar-refractivity contribution in [2.24, 2.45) is 11.8 Å². The molecule has 5 rings (SSSR count). The van der Waals surface area contributed by atoms with Crippen LogP contribution in [0, 0.1) is 11.8 Å². The molecule has 0 aliphatic carbocycles. The van der Waals surface area contributed by atoms with Gasteiger partial charge in [-0.1, -0.05) is 88.7 Å². The molecule has 0 aromatic heterocycles. The molecule has 2 aromatic carbocycles. The molecular weight excluding hydrogens is 690 g/mol. The summed E-state index contributed by atoms with van der Waals surface area (Å²) in [5.74, 6) is -3.75. The number of benzene rings is 2. The molecule has 3 heterocycles. The molecule has 49 heavy (non-hydrogen) atoms. The zero-order valence-electron chi connectivity index (χ0n) is 28.2. The minimum Gasteiger partial charge on any atom is -0.455 e. The van der Waals surface area contributed by atoms with Crippen molar-refractivity contribution in [2.75, 3.05) is 13.2 Å². The van der Waals surface area contributed by atoms with E-state index in [9.17, 15) is 24.3 Å². The monoisotopic (exact) mass is 735 g/mol. The summed E-state index contributed by atoms with van der Waals surface area (Å²) in [6.45, 7) is 12.9. The highest BCUT2D eigenvalue weighted by Gasteiger charge is 2.77. The van der Waals surface area contributed by atoms with Crippen molar-refractivity contribution in [1.29, 1.82) is 0 Å². The third-order valence-corrected chi connectivity index (χ3v) is 10.8. The highest BCUT2D eigenvalue weighted by Crippen LogP contribution is 2.61. The second kappa shape index (κ2) is 15.4. The zero-order valence-corrected chi connectivity index (χ0v) is 29.8. The first kappa shape index (κ1) is 36.5. The van der Waals surface area contributed by atoms with Crippen LogP contribution in [-0.2, 0) is 28.7 Å². The van der Waals surface area contributed by atoms with Crippen LogP contribution in [0.4, 0.5) is 0 Å². The van der Waals surface area contributed by atoms with Gasteiger partial charge in [0.05, 0.1) is 36.6 Å². The molecule has 3 aliphatic rings. The summed E-state index contributed by atoms with van der Waals surface area (Å²) in [5.41, 5.74) is -0.0306. The zero-order chi connectivity index (χ0) is 35.5. The molecule has 10 nitrogen and oxygen atoms in total. The maximum atomic E-state index is 14.8. The minimum absolute atomic E-state index is 0.208. The van der Waals surface area contributed by atoms with Gasteiger partial charge in [0.25, 0.3) is 0 Å². The Morgan fingerprint density at radius 3 is 2.29 bits per heavy atom. The lowest BCUT2D eigenvalue weighted by molar-refractivity contribution is -0.162. The van der Waals surface area contributed by atoms with Crippen molar-refractivity contribution in [2.45, 2.75) is 86.8 Å². The van der Waals surface area contributed by atoms with Crippen LogP contribution in [0.25, 0.3) is 0 Å². The number of nitrogens with one attached hydrogen (secondary N) is 1. The van der Waals surface area contributed by atoms with Gasteiger partial charge in [-0.15, -0.1) is 13.2 Å². The van der Waals surface area contributed by atoms with Crippen LogP contribution in [0.1, 0.15) is 63.3 Å². The number of amides is 3. The van der Waals surface area contributed by atoms with Crippen molar-refractivity contribution >= 4 is 39.6 Å². The summed E-state index contributed by atoms with van der Waals surface area (Å²) in [5, 5.41) is 13.7. The van der Waals surface area contributed by atoms with Crippen LogP contribution in [0.15, 0.2) is 86.0 Å². The van der Waals surface area contributed by atoms with E-state index in [4.69, 9.17) is 9.47 Å². The van der Waals surface area contributed by atoms with Crippen molar-refractivity contribution in [3.63, 3.8) is 0 Å². The van der Waals surface area contributed by atoms with Gasteiger partial charge in [0, 0.05) is 23.8 Å². The maximum absolute atomic E-state index is 14.8. The SMILES string of the molecule is C=CCCC(=O)N[C@H](C)[C@@H](OC(=O)[C@@H]1[C@H]2O[C@@]3(CC2Br)[C@H](C(=O)N(CC=C)C(C)C)N([C@H](CO)c2ccccc2)C(=O)[C@@H]13)c1ccccc1. The minimum atomic E-state index is -1.36. The number of aliphatic hydroxyl groups excluding tert-OH is 1. The fraction of sp³-hybridized carbons (Fsp3) is 0.474. The Balaban J connectivity index is 1.55. The first-order valence-corrected chi connectivity index (χ1v) is 17.8. The van der Waals surface area contributed by atoms with Gasteiger partial charge in [-0.2, -0.15) is 0 Å². The second-order valence-electron chi connectivity index (χ2n) is 13.3. The molecule has 11 heteroatoms. The summed E-state index contributed by atoms with van der Waals surface area (Å²) in [6.07, 6.45) is 2.73. The Kier molecular flexibility index (Phi) is 11.5. The Morgan fingerprint density at radius 2 is 1.71 bits per heavy atom. The number of likely N-dealkylation sites (tertiary alicyclic amines) is 1. The van der Waals surface area contributed by atoms with E-state index in [0.29, 0.717) is 24.0 Å². The Labute approximate surface area is 296 Å². The number of fused-ring (bicyclic) bond motifs is 1. The van der Waals surface area contributed by atoms with Crippen molar-refractivity contribution < 1.29 is 33.8 Å². The number of hydrogen-bond acceptors (Lipinski definition) is 7. The van der Waals surface area contributed by atoms with Crippen LogP contribution in [0.2, 0.25) is 0 Å². The number of esters is 1. The third-order valence-electron chi connectivity index (χ3n) is 9.95. The second-order valence-corrected chi connectivity index (χ2v) is 14.5. The number of rotatable bonds is 15. The fourth-order valence-electron chi connectivity index (χ4n) is 7.77.